The summed E-state index contributed by atoms with van der Waals surface area (Å²) < 4.78 is 5.51. The van der Waals surface area contributed by atoms with Crippen LogP contribution in [0.4, 0.5) is 5.69 Å². The first-order valence-electron chi connectivity index (χ1n) is 6.36. The van der Waals surface area contributed by atoms with Gasteiger partial charge >= 0.3 is 0 Å². The molecule has 104 valence electrons. The van der Waals surface area contributed by atoms with E-state index in [0.29, 0.717) is 29.2 Å². The van der Waals surface area contributed by atoms with Crippen molar-refractivity contribution in [2.75, 3.05) is 12.3 Å². The number of anilines is 1. The number of hydrogen-bond acceptors (Lipinski definition) is 3. The van der Waals surface area contributed by atoms with Gasteiger partial charge in [0.1, 0.15) is 5.75 Å². The third-order valence-corrected chi connectivity index (χ3v) is 3.37. The molecule has 0 saturated heterocycles. The van der Waals surface area contributed by atoms with Gasteiger partial charge in [0.25, 0.3) is 0 Å². The Bertz CT molecular complexity index is 653. The van der Waals surface area contributed by atoms with Crippen molar-refractivity contribution in [3.8, 4) is 5.75 Å². The van der Waals surface area contributed by atoms with Crippen LogP contribution in [0.15, 0.2) is 36.4 Å². The minimum absolute atomic E-state index is 0.186. The molecule has 0 unspecified atom stereocenters. The third-order valence-electron chi connectivity index (χ3n) is 2.95. The van der Waals surface area contributed by atoms with Gasteiger partial charge in [0.15, 0.2) is 5.78 Å². The average molecular weight is 290 g/mol. The molecule has 0 aliphatic rings. The Balaban J connectivity index is 2.52. The van der Waals surface area contributed by atoms with Gasteiger partial charge in [0.2, 0.25) is 0 Å². The number of nitrogens with two attached hydrogens (primary N) is 1. The first-order valence-corrected chi connectivity index (χ1v) is 6.74. The zero-order valence-electron chi connectivity index (χ0n) is 11.4. The normalized spacial score (nSPS) is 10.3. The van der Waals surface area contributed by atoms with Crippen LogP contribution in [-0.4, -0.2) is 12.4 Å². The van der Waals surface area contributed by atoms with E-state index >= 15 is 0 Å². The zero-order chi connectivity index (χ0) is 14.7. The van der Waals surface area contributed by atoms with E-state index in [1.807, 2.05) is 19.9 Å². The molecule has 0 amide bonds. The molecular formula is C16H16ClNO2. The summed E-state index contributed by atoms with van der Waals surface area (Å²) in [4.78, 5) is 12.6. The van der Waals surface area contributed by atoms with E-state index in [0.717, 1.165) is 5.56 Å². The van der Waals surface area contributed by atoms with Crippen LogP contribution >= 0.6 is 11.6 Å². The summed E-state index contributed by atoms with van der Waals surface area (Å²) in [6.07, 6.45) is 0. The summed E-state index contributed by atoms with van der Waals surface area (Å²) in [5.74, 6) is 0.371. The number of benzene rings is 2. The molecular weight excluding hydrogens is 274 g/mol. The molecule has 0 aliphatic heterocycles. The highest BCUT2D eigenvalue weighted by atomic mass is 35.5. The fourth-order valence-electron chi connectivity index (χ4n) is 1.97. The molecule has 4 heteroatoms. The maximum atomic E-state index is 12.6. The Labute approximate surface area is 123 Å². The van der Waals surface area contributed by atoms with Gasteiger partial charge in [-0.15, -0.1) is 0 Å². The number of carbonyl (C=O) groups is 1. The van der Waals surface area contributed by atoms with Gasteiger partial charge < -0.3 is 10.5 Å². The largest absolute Gasteiger partial charge is 0.493 e. The molecule has 0 saturated carbocycles. The van der Waals surface area contributed by atoms with Crippen LogP contribution in [0, 0.1) is 6.92 Å². The first-order chi connectivity index (χ1) is 9.54. The summed E-state index contributed by atoms with van der Waals surface area (Å²) in [5, 5.41) is 0.279. The molecule has 0 radical (unpaired) electrons. The fourth-order valence-corrected chi connectivity index (χ4v) is 2.18. The van der Waals surface area contributed by atoms with Crippen molar-refractivity contribution in [2.24, 2.45) is 0 Å². The highest BCUT2D eigenvalue weighted by Crippen LogP contribution is 2.29. The van der Waals surface area contributed by atoms with E-state index in [9.17, 15) is 4.79 Å². The van der Waals surface area contributed by atoms with Crippen molar-refractivity contribution in [1.82, 2.24) is 0 Å². The number of halogens is 1. The predicted molar refractivity (Wildman–Crippen MR) is 81.6 cm³/mol. The van der Waals surface area contributed by atoms with Gasteiger partial charge in [0.05, 0.1) is 22.9 Å². The Kier molecular flexibility index (Phi) is 4.30. The number of rotatable bonds is 4. The van der Waals surface area contributed by atoms with E-state index in [1.54, 1.807) is 30.3 Å². The number of nitrogen functional groups attached to an aromatic ring is 1. The minimum Gasteiger partial charge on any atom is -0.493 e. The summed E-state index contributed by atoms with van der Waals surface area (Å²) >= 11 is 6.12. The Morgan fingerprint density at radius 1 is 1.25 bits per heavy atom. The van der Waals surface area contributed by atoms with Gasteiger partial charge in [0, 0.05) is 5.56 Å². The van der Waals surface area contributed by atoms with E-state index in [-0.39, 0.29) is 10.8 Å². The van der Waals surface area contributed by atoms with Crippen LogP contribution in [0.25, 0.3) is 0 Å². The average Bonchev–Trinajstić information content (AvgIpc) is 2.43. The third kappa shape index (κ3) is 2.78. The second kappa shape index (κ2) is 5.97. The van der Waals surface area contributed by atoms with Crippen molar-refractivity contribution in [3.63, 3.8) is 0 Å². The van der Waals surface area contributed by atoms with Crippen molar-refractivity contribution < 1.29 is 9.53 Å². The standard InChI is InChI=1S/C16H16ClNO2/c1-3-20-14-8-7-10(2)9-12(14)16(19)11-5-4-6-13(18)15(11)17/h4-9H,3,18H2,1-2H3. The molecule has 2 N–H and O–H groups in total. The van der Waals surface area contributed by atoms with Gasteiger partial charge in [-0.3, -0.25) is 4.79 Å². The van der Waals surface area contributed by atoms with Crippen molar-refractivity contribution in [2.45, 2.75) is 13.8 Å². The molecule has 0 spiro atoms. The summed E-state index contributed by atoms with van der Waals surface area (Å²) in [5.41, 5.74) is 8.01. The monoisotopic (exact) mass is 289 g/mol. The van der Waals surface area contributed by atoms with Gasteiger partial charge in [-0.25, -0.2) is 0 Å². The molecule has 0 fully saturated rings. The maximum absolute atomic E-state index is 12.6. The second-order valence-corrected chi connectivity index (χ2v) is 4.85. The maximum Gasteiger partial charge on any atom is 0.198 e. The molecule has 2 aromatic carbocycles. The van der Waals surface area contributed by atoms with E-state index in [2.05, 4.69) is 0 Å². The van der Waals surface area contributed by atoms with Crippen molar-refractivity contribution >= 4 is 23.1 Å². The van der Waals surface area contributed by atoms with Crippen LogP contribution < -0.4 is 10.5 Å². The molecule has 0 aliphatic carbocycles. The highest BCUT2D eigenvalue weighted by molar-refractivity contribution is 6.37. The lowest BCUT2D eigenvalue weighted by atomic mass is 10.00. The van der Waals surface area contributed by atoms with Crippen molar-refractivity contribution in [1.29, 1.82) is 0 Å². The van der Waals surface area contributed by atoms with Crippen LogP contribution in [0.2, 0.25) is 5.02 Å². The Hall–Kier alpha value is -2.00. The zero-order valence-corrected chi connectivity index (χ0v) is 12.2. The van der Waals surface area contributed by atoms with Gasteiger partial charge in [-0.1, -0.05) is 29.3 Å². The number of hydrogen-bond donors (Lipinski definition) is 1. The highest BCUT2D eigenvalue weighted by Gasteiger charge is 2.18. The molecule has 20 heavy (non-hydrogen) atoms. The van der Waals surface area contributed by atoms with Crippen LogP contribution in [0.3, 0.4) is 0 Å². The topological polar surface area (TPSA) is 52.3 Å². The number of ketones is 1. The number of carbonyl (C=O) groups excluding carboxylic acids is 1. The lowest BCUT2D eigenvalue weighted by molar-refractivity contribution is 0.103. The van der Waals surface area contributed by atoms with Crippen molar-refractivity contribution in [3.05, 3.63) is 58.1 Å². The first kappa shape index (κ1) is 14.4. The molecule has 2 aromatic rings. The van der Waals surface area contributed by atoms with Gasteiger partial charge in [-0.2, -0.15) is 0 Å². The molecule has 0 heterocycles. The second-order valence-electron chi connectivity index (χ2n) is 4.47. The Morgan fingerprint density at radius 3 is 2.70 bits per heavy atom. The summed E-state index contributed by atoms with van der Waals surface area (Å²) in [6, 6.07) is 10.5. The van der Waals surface area contributed by atoms with E-state index in [1.165, 1.54) is 0 Å². The van der Waals surface area contributed by atoms with Crippen LogP contribution in [-0.2, 0) is 0 Å². The molecule has 2 rings (SSSR count). The quantitative estimate of drug-likeness (QED) is 0.687. The van der Waals surface area contributed by atoms with Gasteiger partial charge in [-0.05, 0) is 38.1 Å². The number of aryl methyl sites for hydroxylation is 1. The van der Waals surface area contributed by atoms with Crippen LogP contribution in [0.5, 0.6) is 5.75 Å². The molecule has 0 atom stereocenters. The molecule has 3 nitrogen and oxygen atoms in total. The lowest BCUT2D eigenvalue weighted by Crippen LogP contribution is -2.07. The lowest BCUT2D eigenvalue weighted by Gasteiger charge is -2.11. The Morgan fingerprint density at radius 2 is 2.00 bits per heavy atom. The predicted octanol–water partition coefficient (Wildman–Crippen LogP) is 3.86. The summed E-state index contributed by atoms with van der Waals surface area (Å²) in [6.45, 7) is 4.29. The minimum atomic E-state index is -0.186. The molecule has 0 aromatic heterocycles. The van der Waals surface area contributed by atoms with Crippen LogP contribution in [0.1, 0.15) is 28.4 Å². The smallest absolute Gasteiger partial charge is 0.198 e. The summed E-state index contributed by atoms with van der Waals surface area (Å²) in [7, 11) is 0. The van der Waals surface area contributed by atoms with E-state index < -0.39 is 0 Å². The number of ether oxygens (including phenoxy) is 1. The fraction of sp³-hybridized carbons (Fsp3) is 0.188. The van der Waals surface area contributed by atoms with E-state index in [4.69, 9.17) is 22.1 Å². The SMILES string of the molecule is CCOc1ccc(C)cc1C(=O)c1cccc(N)c1Cl. The molecule has 0 bridgehead atoms.